The lowest BCUT2D eigenvalue weighted by Gasteiger charge is -2.19. The highest BCUT2D eigenvalue weighted by Gasteiger charge is 2.07. The zero-order valence-corrected chi connectivity index (χ0v) is 12.2. The Kier molecular flexibility index (Phi) is 3.87. The van der Waals surface area contributed by atoms with E-state index in [1.165, 1.54) is 0 Å². The lowest BCUT2D eigenvalue weighted by atomic mass is 10.2. The topological polar surface area (TPSA) is 25.4 Å². The van der Waals surface area contributed by atoms with Crippen molar-refractivity contribution in [1.82, 2.24) is 4.98 Å². The highest BCUT2D eigenvalue weighted by Crippen LogP contribution is 2.27. The quantitative estimate of drug-likeness (QED) is 0.859. The van der Waals surface area contributed by atoms with Crippen LogP contribution in [0.25, 0.3) is 0 Å². The predicted octanol–water partition coefficient (Wildman–Crippen LogP) is 3.93. The van der Waals surface area contributed by atoms with Gasteiger partial charge in [0.05, 0.1) is 7.11 Å². The fraction of sp³-hybridized carbons (Fsp3) is 0.214. The summed E-state index contributed by atoms with van der Waals surface area (Å²) < 4.78 is 6.24. The molecule has 0 bridgehead atoms. The SMILES string of the molecule is COc1ccc(N(C)c2ccc(Br)cn2)cc1C. The second-order valence-electron chi connectivity index (χ2n) is 4.05. The number of pyridine rings is 1. The van der Waals surface area contributed by atoms with Gasteiger partial charge >= 0.3 is 0 Å². The molecule has 0 unspecified atom stereocenters. The Morgan fingerprint density at radius 2 is 2.00 bits per heavy atom. The molecule has 0 aliphatic rings. The van der Waals surface area contributed by atoms with Gasteiger partial charge in [-0.25, -0.2) is 4.98 Å². The van der Waals surface area contributed by atoms with E-state index >= 15 is 0 Å². The first kappa shape index (κ1) is 12.9. The van der Waals surface area contributed by atoms with E-state index in [9.17, 15) is 0 Å². The first-order valence-corrected chi connectivity index (χ1v) is 6.41. The van der Waals surface area contributed by atoms with E-state index in [1.807, 2.05) is 43.1 Å². The summed E-state index contributed by atoms with van der Waals surface area (Å²) in [6.45, 7) is 2.03. The minimum absolute atomic E-state index is 0.899. The maximum atomic E-state index is 5.26. The van der Waals surface area contributed by atoms with Gasteiger partial charge in [0.2, 0.25) is 0 Å². The Balaban J connectivity index is 2.31. The monoisotopic (exact) mass is 306 g/mol. The molecule has 2 aromatic rings. The van der Waals surface area contributed by atoms with Gasteiger partial charge in [0.15, 0.2) is 0 Å². The van der Waals surface area contributed by atoms with Crippen molar-refractivity contribution in [2.45, 2.75) is 6.92 Å². The summed E-state index contributed by atoms with van der Waals surface area (Å²) in [5.41, 5.74) is 2.20. The molecule has 0 N–H and O–H groups in total. The molecule has 1 heterocycles. The number of benzene rings is 1. The van der Waals surface area contributed by atoms with E-state index in [2.05, 4.69) is 27.0 Å². The second kappa shape index (κ2) is 5.40. The third-order valence-corrected chi connectivity index (χ3v) is 3.29. The van der Waals surface area contributed by atoms with Crippen molar-refractivity contribution in [3.05, 3.63) is 46.6 Å². The fourth-order valence-corrected chi connectivity index (χ4v) is 2.00. The Labute approximate surface area is 116 Å². The summed E-state index contributed by atoms with van der Waals surface area (Å²) in [6.07, 6.45) is 1.79. The van der Waals surface area contributed by atoms with Crippen LogP contribution in [0.15, 0.2) is 41.0 Å². The number of hydrogen-bond donors (Lipinski definition) is 0. The third-order valence-electron chi connectivity index (χ3n) is 2.82. The Morgan fingerprint density at radius 3 is 2.56 bits per heavy atom. The van der Waals surface area contributed by atoms with E-state index in [1.54, 1.807) is 13.3 Å². The summed E-state index contributed by atoms with van der Waals surface area (Å²) in [4.78, 5) is 6.42. The largest absolute Gasteiger partial charge is 0.496 e. The van der Waals surface area contributed by atoms with Crippen LogP contribution in [0.4, 0.5) is 11.5 Å². The lowest BCUT2D eigenvalue weighted by Crippen LogP contribution is -2.11. The van der Waals surface area contributed by atoms with Crippen molar-refractivity contribution >= 4 is 27.4 Å². The minimum Gasteiger partial charge on any atom is -0.496 e. The van der Waals surface area contributed by atoms with Crippen molar-refractivity contribution in [1.29, 1.82) is 0 Å². The molecule has 94 valence electrons. The van der Waals surface area contributed by atoms with Crippen LogP contribution >= 0.6 is 15.9 Å². The minimum atomic E-state index is 0.899. The summed E-state index contributed by atoms with van der Waals surface area (Å²) in [5, 5.41) is 0. The molecule has 0 saturated heterocycles. The first-order chi connectivity index (χ1) is 8.61. The van der Waals surface area contributed by atoms with Crippen LogP contribution in [0.5, 0.6) is 5.75 Å². The molecule has 0 saturated carbocycles. The summed E-state index contributed by atoms with van der Waals surface area (Å²) in [7, 11) is 3.68. The second-order valence-corrected chi connectivity index (χ2v) is 4.96. The Morgan fingerprint density at radius 1 is 1.22 bits per heavy atom. The van der Waals surface area contributed by atoms with E-state index in [0.717, 1.165) is 27.3 Å². The van der Waals surface area contributed by atoms with Gasteiger partial charge in [0.25, 0.3) is 0 Å². The molecule has 0 amide bonds. The fourth-order valence-electron chi connectivity index (χ4n) is 1.77. The Hall–Kier alpha value is -1.55. The van der Waals surface area contributed by atoms with Crippen molar-refractivity contribution in [3.8, 4) is 5.75 Å². The number of aromatic nitrogens is 1. The van der Waals surface area contributed by atoms with Gasteiger partial charge in [-0.15, -0.1) is 0 Å². The van der Waals surface area contributed by atoms with E-state index in [-0.39, 0.29) is 0 Å². The van der Waals surface area contributed by atoms with E-state index < -0.39 is 0 Å². The maximum Gasteiger partial charge on any atom is 0.132 e. The average Bonchev–Trinajstić information content (AvgIpc) is 2.38. The molecule has 0 fully saturated rings. The number of nitrogens with zero attached hydrogens (tertiary/aromatic N) is 2. The lowest BCUT2D eigenvalue weighted by molar-refractivity contribution is 0.412. The Bertz CT molecular complexity index is 540. The maximum absolute atomic E-state index is 5.26. The van der Waals surface area contributed by atoms with Crippen LogP contribution in [0, 0.1) is 6.92 Å². The molecule has 0 radical (unpaired) electrons. The van der Waals surface area contributed by atoms with Crippen LogP contribution in [0.2, 0.25) is 0 Å². The van der Waals surface area contributed by atoms with Gasteiger partial charge < -0.3 is 9.64 Å². The molecule has 0 aliphatic heterocycles. The van der Waals surface area contributed by atoms with Gasteiger partial charge in [0, 0.05) is 23.4 Å². The number of aryl methyl sites for hydroxylation is 1. The number of rotatable bonds is 3. The standard InChI is InChI=1S/C14H15BrN2O/c1-10-8-12(5-6-13(10)18-3)17(2)14-7-4-11(15)9-16-14/h4-9H,1-3H3. The van der Waals surface area contributed by atoms with Crippen LogP contribution in [-0.4, -0.2) is 19.1 Å². The third kappa shape index (κ3) is 2.64. The molecular formula is C14H15BrN2O. The highest BCUT2D eigenvalue weighted by molar-refractivity contribution is 9.10. The zero-order chi connectivity index (χ0) is 13.1. The van der Waals surface area contributed by atoms with Gasteiger partial charge in [-0.05, 0) is 58.7 Å². The number of ether oxygens (including phenoxy) is 1. The molecule has 18 heavy (non-hydrogen) atoms. The molecule has 0 aliphatic carbocycles. The van der Waals surface area contributed by atoms with Gasteiger partial charge in [-0.1, -0.05) is 0 Å². The first-order valence-electron chi connectivity index (χ1n) is 5.61. The van der Waals surface area contributed by atoms with Gasteiger partial charge in [0.1, 0.15) is 11.6 Å². The molecule has 0 spiro atoms. The summed E-state index contributed by atoms with van der Waals surface area (Å²) >= 11 is 3.38. The van der Waals surface area contributed by atoms with Crippen LogP contribution in [0.3, 0.4) is 0 Å². The van der Waals surface area contributed by atoms with Crippen LogP contribution in [0.1, 0.15) is 5.56 Å². The van der Waals surface area contributed by atoms with Crippen molar-refractivity contribution < 1.29 is 4.74 Å². The summed E-state index contributed by atoms with van der Waals surface area (Å²) in [6, 6.07) is 10.0. The molecule has 2 rings (SSSR count). The van der Waals surface area contributed by atoms with E-state index in [0.29, 0.717) is 0 Å². The number of methoxy groups -OCH3 is 1. The van der Waals surface area contributed by atoms with E-state index in [4.69, 9.17) is 4.74 Å². The smallest absolute Gasteiger partial charge is 0.132 e. The molecular weight excluding hydrogens is 292 g/mol. The highest BCUT2D eigenvalue weighted by atomic mass is 79.9. The van der Waals surface area contributed by atoms with Crippen molar-refractivity contribution in [2.24, 2.45) is 0 Å². The van der Waals surface area contributed by atoms with Gasteiger partial charge in [-0.2, -0.15) is 0 Å². The van der Waals surface area contributed by atoms with Crippen molar-refractivity contribution in [3.63, 3.8) is 0 Å². The summed E-state index contributed by atoms with van der Waals surface area (Å²) in [5.74, 6) is 1.80. The molecule has 1 aromatic heterocycles. The van der Waals surface area contributed by atoms with Crippen molar-refractivity contribution in [2.75, 3.05) is 19.1 Å². The van der Waals surface area contributed by atoms with Crippen LogP contribution < -0.4 is 9.64 Å². The molecule has 3 nitrogen and oxygen atoms in total. The molecule has 1 aromatic carbocycles. The zero-order valence-electron chi connectivity index (χ0n) is 10.6. The normalized spacial score (nSPS) is 10.2. The van der Waals surface area contributed by atoms with Crippen LogP contribution in [-0.2, 0) is 0 Å². The average molecular weight is 307 g/mol. The van der Waals surface area contributed by atoms with Gasteiger partial charge in [-0.3, -0.25) is 0 Å². The molecule has 0 atom stereocenters. The predicted molar refractivity (Wildman–Crippen MR) is 77.7 cm³/mol. The number of anilines is 2. The number of hydrogen-bond acceptors (Lipinski definition) is 3. The number of halogens is 1. The molecule has 4 heteroatoms.